The molecule has 0 spiro atoms. The highest BCUT2D eigenvalue weighted by atomic mass is 16.5. The van der Waals surface area contributed by atoms with E-state index in [1.54, 1.807) is 7.11 Å². The molecule has 0 atom stereocenters. The van der Waals surface area contributed by atoms with Crippen LogP contribution in [0.15, 0.2) is 24.3 Å². The van der Waals surface area contributed by atoms with Crippen molar-refractivity contribution < 1.29 is 19.4 Å². The Bertz CT molecular complexity index is 604. The molecule has 136 valence electrons. The minimum atomic E-state index is -0.719. The smallest absolute Gasteiger partial charge is 0.318 e. The maximum Gasteiger partial charge on any atom is 0.318 e. The molecule has 1 aromatic rings. The van der Waals surface area contributed by atoms with Crippen LogP contribution in [0, 0.1) is 5.92 Å². The summed E-state index contributed by atoms with van der Waals surface area (Å²) in [6, 6.07) is 8.16. The minimum absolute atomic E-state index is 0.0305. The van der Waals surface area contributed by atoms with Crippen molar-refractivity contribution in [1.29, 1.82) is 0 Å². The zero-order chi connectivity index (χ0) is 17.8. The van der Waals surface area contributed by atoms with E-state index in [4.69, 9.17) is 9.84 Å². The van der Waals surface area contributed by atoms with Crippen LogP contribution in [0.4, 0.5) is 4.79 Å². The van der Waals surface area contributed by atoms with Gasteiger partial charge in [0.15, 0.2) is 0 Å². The van der Waals surface area contributed by atoms with Gasteiger partial charge in [0, 0.05) is 18.6 Å². The first-order chi connectivity index (χ1) is 12.1. The molecule has 0 bridgehead atoms. The van der Waals surface area contributed by atoms with Crippen molar-refractivity contribution in [3.63, 3.8) is 0 Å². The zero-order valence-corrected chi connectivity index (χ0v) is 14.6. The van der Waals surface area contributed by atoms with Crippen LogP contribution in [-0.4, -0.2) is 41.2 Å². The summed E-state index contributed by atoms with van der Waals surface area (Å²) in [7, 11) is 1.64. The first kappa shape index (κ1) is 17.6. The second-order valence-electron chi connectivity index (χ2n) is 7.04. The Morgan fingerprint density at radius 3 is 2.28 bits per heavy atom. The second kappa shape index (κ2) is 7.76. The summed E-state index contributed by atoms with van der Waals surface area (Å²) >= 11 is 0. The molecule has 0 unspecified atom stereocenters. The lowest BCUT2D eigenvalue weighted by Gasteiger charge is -2.30. The summed E-state index contributed by atoms with van der Waals surface area (Å²) < 4.78 is 5.17. The Hall–Kier alpha value is -2.24. The van der Waals surface area contributed by atoms with E-state index < -0.39 is 5.97 Å². The predicted octanol–water partition coefficient (Wildman–Crippen LogP) is 3.01. The molecular weight excluding hydrogens is 320 g/mol. The van der Waals surface area contributed by atoms with Gasteiger partial charge in [-0.15, -0.1) is 0 Å². The SMILES string of the molecule is COc1ccc(CN(C(=O)NC2CCC(C(=O)O)CC2)C2CC2)cc1. The average molecular weight is 346 g/mol. The molecule has 2 amide bonds. The normalized spacial score (nSPS) is 22.9. The quantitative estimate of drug-likeness (QED) is 0.830. The van der Waals surface area contributed by atoms with Gasteiger partial charge < -0.3 is 20.1 Å². The molecule has 6 nitrogen and oxygen atoms in total. The maximum absolute atomic E-state index is 12.7. The second-order valence-corrected chi connectivity index (χ2v) is 7.04. The molecule has 2 N–H and O–H groups in total. The Labute approximate surface area is 148 Å². The minimum Gasteiger partial charge on any atom is -0.497 e. The molecule has 2 aliphatic rings. The number of ether oxygens (including phenoxy) is 1. The van der Waals surface area contributed by atoms with Crippen molar-refractivity contribution in [2.75, 3.05) is 7.11 Å². The number of aliphatic carboxylic acids is 1. The van der Waals surface area contributed by atoms with Gasteiger partial charge in [0.2, 0.25) is 0 Å². The third-order valence-electron chi connectivity index (χ3n) is 5.16. The molecule has 1 aromatic carbocycles. The first-order valence-corrected chi connectivity index (χ1v) is 8.99. The van der Waals surface area contributed by atoms with Crippen LogP contribution in [0.2, 0.25) is 0 Å². The highest BCUT2D eigenvalue weighted by Crippen LogP contribution is 2.30. The molecule has 2 aliphatic carbocycles. The fraction of sp³-hybridized carbons (Fsp3) is 0.579. The van der Waals surface area contributed by atoms with Gasteiger partial charge in [-0.05, 0) is 56.2 Å². The fourth-order valence-corrected chi connectivity index (χ4v) is 3.42. The topological polar surface area (TPSA) is 78.9 Å². The van der Waals surface area contributed by atoms with Gasteiger partial charge in [0.05, 0.1) is 13.0 Å². The van der Waals surface area contributed by atoms with Crippen molar-refractivity contribution in [3.05, 3.63) is 29.8 Å². The van der Waals surface area contributed by atoms with Gasteiger partial charge >= 0.3 is 12.0 Å². The van der Waals surface area contributed by atoms with Crippen LogP contribution in [0.1, 0.15) is 44.1 Å². The number of amides is 2. The van der Waals surface area contributed by atoms with Crippen molar-refractivity contribution in [2.24, 2.45) is 5.92 Å². The maximum atomic E-state index is 12.7. The number of carboxylic acid groups (broad SMARTS) is 1. The van der Waals surface area contributed by atoms with E-state index >= 15 is 0 Å². The summed E-state index contributed by atoms with van der Waals surface area (Å²) in [6.07, 6.45) is 4.86. The summed E-state index contributed by atoms with van der Waals surface area (Å²) in [5, 5.41) is 12.2. The molecule has 0 aliphatic heterocycles. The molecule has 0 aromatic heterocycles. The Morgan fingerprint density at radius 2 is 1.76 bits per heavy atom. The third-order valence-corrected chi connectivity index (χ3v) is 5.16. The number of benzene rings is 1. The number of carboxylic acids is 1. The number of nitrogens with one attached hydrogen (secondary N) is 1. The van der Waals surface area contributed by atoms with E-state index in [9.17, 15) is 9.59 Å². The number of methoxy groups -OCH3 is 1. The Balaban J connectivity index is 1.55. The van der Waals surface area contributed by atoms with Crippen LogP contribution < -0.4 is 10.1 Å². The number of hydrogen-bond acceptors (Lipinski definition) is 3. The average Bonchev–Trinajstić information content (AvgIpc) is 3.45. The molecule has 2 saturated carbocycles. The van der Waals surface area contributed by atoms with Crippen LogP contribution in [0.5, 0.6) is 5.75 Å². The highest BCUT2D eigenvalue weighted by molar-refractivity contribution is 5.75. The summed E-state index contributed by atoms with van der Waals surface area (Å²) in [6.45, 7) is 0.588. The third kappa shape index (κ3) is 4.65. The fourth-order valence-electron chi connectivity index (χ4n) is 3.42. The number of carbonyl (C=O) groups excluding carboxylic acids is 1. The van der Waals surface area contributed by atoms with Crippen LogP contribution in [-0.2, 0) is 11.3 Å². The van der Waals surface area contributed by atoms with Crippen molar-refractivity contribution in [3.8, 4) is 5.75 Å². The Morgan fingerprint density at radius 1 is 1.12 bits per heavy atom. The summed E-state index contributed by atoms with van der Waals surface area (Å²) in [4.78, 5) is 25.7. The highest BCUT2D eigenvalue weighted by Gasteiger charge is 2.34. The number of urea groups is 1. The van der Waals surface area contributed by atoms with Gasteiger partial charge in [-0.2, -0.15) is 0 Å². The Kier molecular flexibility index (Phi) is 5.46. The summed E-state index contributed by atoms with van der Waals surface area (Å²) in [5.41, 5.74) is 1.08. The van der Waals surface area contributed by atoms with Crippen molar-refractivity contribution >= 4 is 12.0 Å². The standard InChI is InChI=1S/C19H26N2O4/c1-25-17-10-2-13(3-11-17)12-21(16-8-9-16)19(24)20-15-6-4-14(5-7-15)18(22)23/h2-3,10-11,14-16H,4-9,12H2,1H3,(H,20,24)(H,22,23). The summed E-state index contributed by atoms with van der Waals surface area (Å²) in [5.74, 6) is -0.169. The molecule has 0 saturated heterocycles. The van der Waals surface area contributed by atoms with Crippen molar-refractivity contribution in [1.82, 2.24) is 10.2 Å². The van der Waals surface area contributed by atoms with Gasteiger partial charge in [-0.1, -0.05) is 12.1 Å². The molecular formula is C19H26N2O4. The number of carbonyl (C=O) groups is 2. The first-order valence-electron chi connectivity index (χ1n) is 8.99. The van der Waals surface area contributed by atoms with E-state index in [0.717, 1.165) is 37.0 Å². The van der Waals surface area contributed by atoms with E-state index in [1.165, 1.54) is 0 Å². The number of rotatable bonds is 6. The van der Waals surface area contributed by atoms with Crippen LogP contribution >= 0.6 is 0 Å². The van der Waals surface area contributed by atoms with E-state index in [2.05, 4.69) is 5.32 Å². The number of nitrogens with zero attached hydrogens (tertiary/aromatic N) is 1. The lowest BCUT2D eigenvalue weighted by molar-refractivity contribution is -0.142. The zero-order valence-electron chi connectivity index (χ0n) is 14.6. The predicted molar refractivity (Wildman–Crippen MR) is 93.5 cm³/mol. The largest absolute Gasteiger partial charge is 0.497 e. The van der Waals surface area contributed by atoms with E-state index in [1.807, 2.05) is 29.2 Å². The molecule has 3 rings (SSSR count). The van der Waals surface area contributed by atoms with Gasteiger partial charge in [0.25, 0.3) is 0 Å². The lowest BCUT2D eigenvalue weighted by atomic mass is 9.86. The van der Waals surface area contributed by atoms with E-state index in [-0.39, 0.29) is 18.0 Å². The molecule has 2 fully saturated rings. The van der Waals surface area contributed by atoms with Crippen LogP contribution in [0.25, 0.3) is 0 Å². The van der Waals surface area contributed by atoms with Crippen molar-refractivity contribution in [2.45, 2.75) is 57.2 Å². The monoisotopic (exact) mass is 346 g/mol. The molecule has 0 heterocycles. The molecule has 25 heavy (non-hydrogen) atoms. The molecule has 6 heteroatoms. The van der Waals surface area contributed by atoms with Gasteiger partial charge in [0.1, 0.15) is 5.75 Å². The van der Waals surface area contributed by atoms with Gasteiger partial charge in [-0.3, -0.25) is 4.79 Å². The van der Waals surface area contributed by atoms with E-state index in [0.29, 0.717) is 25.4 Å². The van der Waals surface area contributed by atoms with Crippen LogP contribution in [0.3, 0.4) is 0 Å². The lowest BCUT2D eigenvalue weighted by Crippen LogP contribution is -2.46. The molecule has 0 radical (unpaired) electrons. The number of hydrogen-bond donors (Lipinski definition) is 2. The van der Waals surface area contributed by atoms with Gasteiger partial charge in [-0.25, -0.2) is 4.79 Å².